The minimum atomic E-state index is -0.122. The number of nitrogens with zero attached hydrogens (tertiary/aromatic N) is 3. The van der Waals surface area contributed by atoms with E-state index in [-0.39, 0.29) is 29.4 Å². The van der Waals surface area contributed by atoms with Gasteiger partial charge in [0.2, 0.25) is 5.89 Å². The van der Waals surface area contributed by atoms with Crippen molar-refractivity contribution in [1.29, 1.82) is 0 Å². The predicted molar refractivity (Wildman–Crippen MR) is 91.5 cm³/mol. The van der Waals surface area contributed by atoms with E-state index in [9.17, 15) is 0 Å². The van der Waals surface area contributed by atoms with Gasteiger partial charge in [0.15, 0.2) is 11.8 Å². The molecule has 20 heavy (non-hydrogen) atoms. The first-order valence-electron chi connectivity index (χ1n) is 6.60. The SMILES string of the molecule is CN=C(NCc1noc(C(C)(C)C)n1)NCC(C)C.I. The lowest BCUT2D eigenvalue weighted by molar-refractivity contribution is 0.318. The molecule has 0 spiro atoms. The Morgan fingerprint density at radius 1 is 1.30 bits per heavy atom. The summed E-state index contributed by atoms with van der Waals surface area (Å²) < 4.78 is 5.23. The summed E-state index contributed by atoms with van der Waals surface area (Å²) in [6.45, 7) is 11.8. The first kappa shape index (κ1) is 19.1. The minimum Gasteiger partial charge on any atom is -0.356 e. The van der Waals surface area contributed by atoms with Gasteiger partial charge >= 0.3 is 0 Å². The normalized spacial score (nSPS) is 12.2. The summed E-state index contributed by atoms with van der Waals surface area (Å²) in [4.78, 5) is 8.50. The van der Waals surface area contributed by atoms with E-state index < -0.39 is 0 Å². The van der Waals surface area contributed by atoms with Crippen LogP contribution in [0.4, 0.5) is 0 Å². The number of halogens is 1. The topological polar surface area (TPSA) is 75.3 Å². The Kier molecular flexibility index (Phi) is 8.07. The first-order chi connectivity index (χ1) is 8.82. The summed E-state index contributed by atoms with van der Waals surface area (Å²) in [6.07, 6.45) is 0. The Hall–Kier alpha value is -0.860. The molecule has 1 aromatic heterocycles. The van der Waals surface area contributed by atoms with E-state index in [1.54, 1.807) is 7.05 Å². The number of guanidine groups is 1. The molecule has 0 aliphatic rings. The zero-order valence-electron chi connectivity index (χ0n) is 13.1. The predicted octanol–water partition coefficient (Wildman–Crippen LogP) is 2.31. The van der Waals surface area contributed by atoms with Gasteiger partial charge in [-0.15, -0.1) is 24.0 Å². The van der Waals surface area contributed by atoms with Crippen molar-refractivity contribution in [2.45, 2.75) is 46.6 Å². The minimum absolute atomic E-state index is 0. The van der Waals surface area contributed by atoms with E-state index in [2.05, 4.69) is 39.6 Å². The Morgan fingerprint density at radius 3 is 2.40 bits per heavy atom. The molecule has 6 nitrogen and oxygen atoms in total. The van der Waals surface area contributed by atoms with E-state index in [1.165, 1.54) is 0 Å². The van der Waals surface area contributed by atoms with Gasteiger partial charge in [-0.25, -0.2) is 0 Å². The molecule has 0 unspecified atom stereocenters. The largest absolute Gasteiger partial charge is 0.356 e. The number of nitrogens with one attached hydrogen (secondary N) is 2. The molecular formula is C13H26IN5O. The molecule has 0 amide bonds. The fourth-order valence-corrected chi connectivity index (χ4v) is 1.31. The zero-order chi connectivity index (χ0) is 14.5. The molecular weight excluding hydrogens is 369 g/mol. The second kappa shape index (κ2) is 8.43. The van der Waals surface area contributed by atoms with Crippen molar-refractivity contribution in [3.05, 3.63) is 11.7 Å². The van der Waals surface area contributed by atoms with Crippen LogP contribution in [0.15, 0.2) is 9.52 Å². The summed E-state index contributed by atoms with van der Waals surface area (Å²) >= 11 is 0. The summed E-state index contributed by atoms with van der Waals surface area (Å²) in [5.41, 5.74) is -0.122. The van der Waals surface area contributed by atoms with E-state index in [4.69, 9.17) is 4.52 Å². The summed E-state index contributed by atoms with van der Waals surface area (Å²) in [7, 11) is 1.74. The highest BCUT2D eigenvalue weighted by Gasteiger charge is 2.21. The number of hydrogen-bond donors (Lipinski definition) is 2. The third kappa shape index (κ3) is 6.53. The lowest BCUT2D eigenvalue weighted by atomic mass is 9.97. The lowest BCUT2D eigenvalue weighted by Gasteiger charge is -2.12. The molecule has 0 aliphatic carbocycles. The van der Waals surface area contributed by atoms with Gasteiger partial charge in [-0.1, -0.05) is 39.8 Å². The molecule has 0 saturated heterocycles. The van der Waals surface area contributed by atoms with Crippen LogP contribution in [0.5, 0.6) is 0 Å². The van der Waals surface area contributed by atoms with Crippen molar-refractivity contribution >= 4 is 29.9 Å². The molecule has 0 fully saturated rings. The van der Waals surface area contributed by atoms with Gasteiger partial charge in [-0.05, 0) is 5.92 Å². The van der Waals surface area contributed by atoms with E-state index in [0.29, 0.717) is 24.2 Å². The van der Waals surface area contributed by atoms with Gasteiger partial charge in [-0.2, -0.15) is 4.98 Å². The van der Waals surface area contributed by atoms with Crippen molar-refractivity contribution in [3.63, 3.8) is 0 Å². The average molecular weight is 395 g/mol. The average Bonchev–Trinajstić information content (AvgIpc) is 2.77. The Morgan fingerprint density at radius 2 is 1.95 bits per heavy atom. The fraction of sp³-hybridized carbons (Fsp3) is 0.769. The van der Waals surface area contributed by atoms with Gasteiger partial charge < -0.3 is 15.2 Å². The highest BCUT2D eigenvalue weighted by molar-refractivity contribution is 14.0. The van der Waals surface area contributed by atoms with Crippen LogP contribution in [0.3, 0.4) is 0 Å². The summed E-state index contributed by atoms with van der Waals surface area (Å²) in [5.74, 6) is 2.60. The molecule has 0 saturated carbocycles. The lowest BCUT2D eigenvalue weighted by Crippen LogP contribution is -2.38. The molecule has 0 bridgehead atoms. The Balaban J connectivity index is 0.00000361. The number of rotatable bonds is 4. The maximum Gasteiger partial charge on any atom is 0.232 e. The fourth-order valence-electron chi connectivity index (χ4n) is 1.31. The summed E-state index contributed by atoms with van der Waals surface area (Å²) in [6, 6.07) is 0. The first-order valence-corrected chi connectivity index (χ1v) is 6.60. The number of aliphatic imine (C=N–C) groups is 1. The smallest absolute Gasteiger partial charge is 0.232 e. The van der Waals surface area contributed by atoms with E-state index >= 15 is 0 Å². The molecule has 0 atom stereocenters. The Labute approximate surface area is 138 Å². The van der Waals surface area contributed by atoms with Crippen LogP contribution >= 0.6 is 24.0 Å². The maximum atomic E-state index is 5.23. The van der Waals surface area contributed by atoms with Crippen LogP contribution in [-0.2, 0) is 12.0 Å². The maximum absolute atomic E-state index is 5.23. The van der Waals surface area contributed by atoms with Gasteiger partial charge in [0.1, 0.15) is 0 Å². The van der Waals surface area contributed by atoms with Crippen LogP contribution in [0.1, 0.15) is 46.3 Å². The van der Waals surface area contributed by atoms with Crippen LogP contribution in [0.25, 0.3) is 0 Å². The van der Waals surface area contributed by atoms with Gasteiger partial charge in [0, 0.05) is 19.0 Å². The van der Waals surface area contributed by atoms with E-state index in [1.807, 2.05) is 20.8 Å². The molecule has 0 aromatic carbocycles. The van der Waals surface area contributed by atoms with Crippen LogP contribution < -0.4 is 10.6 Å². The monoisotopic (exact) mass is 395 g/mol. The highest BCUT2D eigenvalue weighted by atomic mass is 127. The number of hydrogen-bond acceptors (Lipinski definition) is 4. The zero-order valence-corrected chi connectivity index (χ0v) is 15.5. The van der Waals surface area contributed by atoms with Crippen molar-refractivity contribution in [1.82, 2.24) is 20.8 Å². The molecule has 0 aliphatic heterocycles. The van der Waals surface area contributed by atoms with Crippen LogP contribution in [-0.4, -0.2) is 29.7 Å². The standard InChI is InChI=1S/C13H25N5O.HI/c1-9(2)7-15-12(14-6)16-8-10-17-11(19-18-10)13(3,4)5;/h9H,7-8H2,1-6H3,(H2,14,15,16);1H. The van der Waals surface area contributed by atoms with Gasteiger partial charge in [-0.3, -0.25) is 4.99 Å². The van der Waals surface area contributed by atoms with E-state index in [0.717, 1.165) is 12.5 Å². The third-order valence-electron chi connectivity index (χ3n) is 2.42. The Bertz CT molecular complexity index is 423. The second-order valence-corrected chi connectivity index (χ2v) is 5.97. The van der Waals surface area contributed by atoms with Crippen molar-refractivity contribution < 1.29 is 4.52 Å². The molecule has 1 rings (SSSR count). The van der Waals surface area contributed by atoms with Crippen molar-refractivity contribution in [2.24, 2.45) is 10.9 Å². The molecule has 7 heteroatoms. The quantitative estimate of drug-likeness (QED) is 0.465. The van der Waals surface area contributed by atoms with Crippen molar-refractivity contribution in [2.75, 3.05) is 13.6 Å². The molecule has 1 aromatic rings. The number of aromatic nitrogens is 2. The van der Waals surface area contributed by atoms with Gasteiger partial charge in [0.05, 0.1) is 6.54 Å². The molecule has 2 N–H and O–H groups in total. The van der Waals surface area contributed by atoms with Gasteiger partial charge in [0.25, 0.3) is 0 Å². The third-order valence-corrected chi connectivity index (χ3v) is 2.42. The van der Waals surface area contributed by atoms with Crippen molar-refractivity contribution in [3.8, 4) is 0 Å². The molecule has 1 heterocycles. The second-order valence-electron chi connectivity index (χ2n) is 5.97. The highest BCUT2D eigenvalue weighted by Crippen LogP contribution is 2.19. The van der Waals surface area contributed by atoms with Crippen LogP contribution in [0.2, 0.25) is 0 Å². The molecule has 116 valence electrons. The summed E-state index contributed by atoms with van der Waals surface area (Å²) in [5, 5.41) is 10.3. The van der Waals surface area contributed by atoms with Crippen LogP contribution in [0, 0.1) is 5.92 Å². The molecule has 0 radical (unpaired) electrons.